The van der Waals surface area contributed by atoms with Crippen molar-refractivity contribution in [1.82, 2.24) is 24.7 Å². The normalized spacial score (nSPS) is 11.4. The molecule has 1 N–H and O–H groups in total. The maximum Gasteiger partial charge on any atom is 0.294 e. The molecule has 10 heteroatoms. The van der Waals surface area contributed by atoms with Crippen LogP contribution < -0.4 is 10.1 Å². The number of allylic oxidation sites excluding steroid dienone is 1. The molecule has 7 nitrogen and oxygen atoms in total. The van der Waals surface area contributed by atoms with Gasteiger partial charge in [0.1, 0.15) is 17.9 Å². The number of hydrogen-bond acceptors (Lipinski definition) is 7. The minimum absolute atomic E-state index is 0.175. The minimum Gasteiger partial charge on any atom is -0.455 e. The number of nitrogens with zero attached hydrogens (tertiary/aromatic N) is 5. The topological polar surface area (TPSA) is 77.8 Å². The summed E-state index contributed by atoms with van der Waals surface area (Å²) in [5, 5.41) is 7.89. The van der Waals surface area contributed by atoms with E-state index in [0.717, 1.165) is 27.0 Å². The number of alkyl halides is 2. The van der Waals surface area contributed by atoms with E-state index in [2.05, 4.69) is 31.9 Å². The van der Waals surface area contributed by atoms with Crippen molar-refractivity contribution >= 4 is 44.0 Å². The summed E-state index contributed by atoms with van der Waals surface area (Å²) in [4.78, 5) is 13.0. The lowest BCUT2D eigenvalue weighted by molar-refractivity contribution is 0.139. The molecule has 0 atom stereocenters. The van der Waals surface area contributed by atoms with Gasteiger partial charge < -0.3 is 10.1 Å². The van der Waals surface area contributed by atoms with E-state index in [1.54, 1.807) is 29.5 Å². The largest absolute Gasteiger partial charge is 0.455 e. The van der Waals surface area contributed by atoms with Crippen LogP contribution in [0.15, 0.2) is 66.9 Å². The third kappa shape index (κ3) is 3.76. The summed E-state index contributed by atoms with van der Waals surface area (Å²) in [6.07, 6.45) is 2.07. The van der Waals surface area contributed by atoms with Crippen molar-refractivity contribution in [2.24, 2.45) is 7.05 Å². The lowest BCUT2D eigenvalue weighted by atomic mass is 10.1. The van der Waals surface area contributed by atoms with Gasteiger partial charge in [-0.15, -0.1) is 11.3 Å². The Morgan fingerprint density at radius 2 is 2.00 bits per heavy atom. The molecule has 0 bridgehead atoms. The minimum atomic E-state index is -2.83. The van der Waals surface area contributed by atoms with Gasteiger partial charge in [0, 0.05) is 24.5 Å². The van der Waals surface area contributed by atoms with Gasteiger partial charge in [-0.25, -0.2) is 23.7 Å². The highest BCUT2D eigenvalue weighted by atomic mass is 32.1. The van der Waals surface area contributed by atoms with Gasteiger partial charge in [-0.3, -0.25) is 4.68 Å². The van der Waals surface area contributed by atoms with Crippen LogP contribution in [0.3, 0.4) is 0 Å². The van der Waals surface area contributed by atoms with Crippen LogP contribution in [-0.4, -0.2) is 31.2 Å². The fourth-order valence-electron chi connectivity index (χ4n) is 3.32. The monoisotopic (exact) mass is 450 g/mol. The number of hydrogen-bond donors (Lipinski definition) is 1. The number of rotatable bonds is 6. The number of fused-ring (bicyclic) bond motifs is 2. The second kappa shape index (κ2) is 7.97. The Kier molecular flexibility index (Phi) is 4.98. The van der Waals surface area contributed by atoms with Crippen LogP contribution >= 0.6 is 11.3 Å². The van der Waals surface area contributed by atoms with E-state index in [4.69, 9.17) is 4.74 Å². The molecule has 0 radical (unpaired) electrons. The quantitative estimate of drug-likeness (QED) is 0.342. The fourth-order valence-corrected chi connectivity index (χ4v) is 4.04. The second-order valence-electron chi connectivity index (χ2n) is 7.02. The fraction of sp³-hybridized carbons (Fsp3) is 0.0909. The standard InChI is InChI=1S/C22H16F2N6OS/c1-12(21(23)24)31-18-6-13(14-8-28-30(2)9-14)5-17-20(18)22(26-10-25-17)29-15-3-4-16-19(7-15)32-11-27-16/h3-11,21H,1H2,2H3,(H,25,26,29). The molecule has 0 saturated heterocycles. The highest BCUT2D eigenvalue weighted by molar-refractivity contribution is 7.16. The Hall–Kier alpha value is -3.92. The van der Waals surface area contributed by atoms with Crippen molar-refractivity contribution in [2.75, 3.05) is 5.32 Å². The number of aromatic nitrogens is 5. The van der Waals surface area contributed by atoms with Crippen molar-refractivity contribution in [1.29, 1.82) is 0 Å². The number of halogens is 2. The average molecular weight is 450 g/mol. The van der Waals surface area contributed by atoms with E-state index in [9.17, 15) is 8.78 Å². The van der Waals surface area contributed by atoms with Crippen molar-refractivity contribution < 1.29 is 13.5 Å². The van der Waals surface area contributed by atoms with E-state index in [1.165, 1.54) is 17.7 Å². The van der Waals surface area contributed by atoms with Gasteiger partial charge in [-0.2, -0.15) is 5.10 Å². The summed E-state index contributed by atoms with van der Waals surface area (Å²) in [5.74, 6) is -0.0576. The average Bonchev–Trinajstić information content (AvgIpc) is 3.42. The first kappa shape index (κ1) is 20.0. The first-order valence-electron chi connectivity index (χ1n) is 9.51. The molecule has 0 fully saturated rings. The molecule has 0 aliphatic carbocycles. The van der Waals surface area contributed by atoms with Gasteiger partial charge in [0.2, 0.25) is 0 Å². The van der Waals surface area contributed by atoms with Crippen molar-refractivity contribution in [3.63, 3.8) is 0 Å². The third-order valence-corrected chi connectivity index (χ3v) is 5.61. The summed E-state index contributed by atoms with van der Waals surface area (Å²) in [6.45, 7) is 3.35. The maximum atomic E-state index is 13.2. The van der Waals surface area contributed by atoms with Crippen LogP contribution in [0.25, 0.3) is 32.2 Å². The Morgan fingerprint density at radius 3 is 2.78 bits per heavy atom. The molecule has 0 aliphatic rings. The number of benzene rings is 2. The number of aryl methyl sites for hydroxylation is 1. The molecular weight excluding hydrogens is 434 g/mol. The predicted molar refractivity (Wildman–Crippen MR) is 120 cm³/mol. The van der Waals surface area contributed by atoms with Crippen LogP contribution in [0.1, 0.15) is 0 Å². The molecule has 5 rings (SSSR count). The third-order valence-electron chi connectivity index (χ3n) is 4.82. The predicted octanol–water partition coefficient (Wildman–Crippen LogP) is 5.54. The second-order valence-corrected chi connectivity index (χ2v) is 7.91. The number of anilines is 2. The van der Waals surface area contributed by atoms with Crippen LogP contribution in [0.5, 0.6) is 5.75 Å². The number of nitrogens with one attached hydrogen (secondary N) is 1. The smallest absolute Gasteiger partial charge is 0.294 e. The van der Waals surface area contributed by atoms with E-state index in [-0.39, 0.29) is 5.75 Å². The van der Waals surface area contributed by atoms with E-state index in [1.807, 2.05) is 30.5 Å². The van der Waals surface area contributed by atoms with Gasteiger partial charge in [-0.1, -0.05) is 6.58 Å². The molecule has 160 valence electrons. The van der Waals surface area contributed by atoms with Crippen molar-refractivity contribution in [2.45, 2.75) is 6.43 Å². The van der Waals surface area contributed by atoms with Gasteiger partial charge in [0.15, 0.2) is 5.76 Å². The van der Waals surface area contributed by atoms with Crippen LogP contribution in [-0.2, 0) is 7.05 Å². The van der Waals surface area contributed by atoms with Gasteiger partial charge in [0.25, 0.3) is 6.43 Å². The van der Waals surface area contributed by atoms with E-state index >= 15 is 0 Å². The summed E-state index contributed by atoms with van der Waals surface area (Å²) in [5.41, 5.74) is 5.49. The van der Waals surface area contributed by atoms with Crippen molar-refractivity contribution in [3.05, 3.63) is 66.9 Å². The zero-order chi connectivity index (χ0) is 22.2. The Balaban J connectivity index is 1.64. The Morgan fingerprint density at radius 1 is 1.12 bits per heavy atom. The van der Waals surface area contributed by atoms with Crippen molar-refractivity contribution in [3.8, 4) is 16.9 Å². The van der Waals surface area contributed by atoms with Crippen LogP contribution in [0.2, 0.25) is 0 Å². The zero-order valence-corrected chi connectivity index (χ0v) is 17.6. The molecule has 0 unspecified atom stereocenters. The molecule has 32 heavy (non-hydrogen) atoms. The molecule has 0 aliphatic heterocycles. The molecular formula is C22H16F2N6OS. The molecule has 3 aromatic heterocycles. The molecule has 0 spiro atoms. The van der Waals surface area contributed by atoms with Gasteiger partial charge >= 0.3 is 0 Å². The maximum absolute atomic E-state index is 13.2. The first-order chi connectivity index (χ1) is 15.5. The number of thiazole rings is 1. The van der Waals surface area contributed by atoms with Gasteiger partial charge in [-0.05, 0) is 35.9 Å². The lowest BCUT2D eigenvalue weighted by Crippen LogP contribution is -2.05. The van der Waals surface area contributed by atoms with E-state index in [0.29, 0.717) is 16.7 Å². The lowest BCUT2D eigenvalue weighted by Gasteiger charge is -2.15. The highest BCUT2D eigenvalue weighted by Gasteiger charge is 2.18. The molecule has 2 aromatic carbocycles. The molecule has 0 saturated carbocycles. The molecule has 5 aromatic rings. The summed E-state index contributed by atoms with van der Waals surface area (Å²) >= 11 is 1.52. The molecule has 3 heterocycles. The SMILES string of the molecule is C=C(Oc1cc(-c2cnn(C)c2)cc2ncnc(Nc3ccc4ncsc4c3)c12)C(F)F. The highest BCUT2D eigenvalue weighted by Crippen LogP contribution is 2.37. The molecule has 0 amide bonds. The Bertz CT molecular complexity index is 1460. The summed E-state index contributed by atoms with van der Waals surface area (Å²) < 4.78 is 34.6. The Labute approximate surface area is 185 Å². The van der Waals surface area contributed by atoms with Crippen LogP contribution in [0, 0.1) is 0 Å². The van der Waals surface area contributed by atoms with E-state index < -0.39 is 12.2 Å². The number of ether oxygens (including phenoxy) is 1. The first-order valence-corrected chi connectivity index (χ1v) is 10.4. The zero-order valence-electron chi connectivity index (χ0n) is 16.8. The van der Waals surface area contributed by atoms with Crippen LogP contribution in [0.4, 0.5) is 20.3 Å². The summed E-state index contributed by atoms with van der Waals surface area (Å²) in [7, 11) is 1.80. The van der Waals surface area contributed by atoms with Gasteiger partial charge in [0.05, 0.1) is 32.8 Å². The summed E-state index contributed by atoms with van der Waals surface area (Å²) in [6, 6.07) is 9.22.